The van der Waals surface area contributed by atoms with Crippen LogP contribution in [0.15, 0.2) is 28.6 Å². The van der Waals surface area contributed by atoms with Gasteiger partial charge in [-0.05, 0) is 17.7 Å². The molecule has 0 aliphatic carbocycles. The number of aliphatic imine (C=N–C) groups is 1. The van der Waals surface area contributed by atoms with Crippen LogP contribution in [0.2, 0.25) is 0 Å². The van der Waals surface area contributed by atoms with Crippen molar-refractivity contribution in [3.8, 4) is 0 Å². The lowest BCUT2D eigenvalue weighted by molar-refractivity contribution is -0.138. The first-order chi connectivity index (χ1) is 12.5. The van der Waals surface area contributed by atoms with Crippen molar-refractivity contribution in [2.24, 2.45) is 4.99 Å². The van der Waals surface area contributed by atoms with Gasteiger partial charge < -0.3 is 10.6 Å². The number of aromatic nitrogens is 1. The van der Waals surface area contributed by atoms with Gasteiger partial charge >= 0.3 is 6.18 Å². The SMILES string of the molecule is CN=C(NCc1nc(C(C)(C)C)cs1)NCc1ccc(F)cc1C(F)(F)F.I. The zero-order valence-corrected chi connectivity index (χ0v) is 19.1. The van der Waals surface area contributed by atoms with E-state index in [0.29, 0.717) is 18.6 Å². The van der Waals surface area contributed by atoms with Gasteiger partial charge in [0.15, 0.2) is 5.96 Å². The quantitative estimate of drug-likeness (QED) is 0.251. The maximum Gasteiger partial charge on any atom is 0.416 e. The molecule has 2 rings (SSSR count). The van der Waals surface area contributed by atoms with E-state index in [4.69, 9.17) is 0 Å². The molecule has 4 nitrogen and oxygen atoms in total. The van der Waals surface area contributed by atoms with Gasteiger partial charge in [-0.1, -0.05) is 26.8 Å². The molecule has 0 amide bonds. The largest absolute Gasteiger partial charge is 0.416 e. The smallest absolute Gasteiger partial charge is 0.352 e. The van der Waals surface area contributed by atoms with E-state index >= 15 is 0 Å². The molecule has 2 aromatic rings. The highest BCUT2D eigenvalue weighted by molar-refractivity contribution is 14.0. The number of rotatable bonds is 4. The summed E-state index contributed by atoms with van der Waals surface area (Å²) in [4.78, 5) is 8.54. The van der Waals surface area contributed by atoms with Crippen molar-refractivity contribution in [3.63, 3.8) is 0 Å². The number of thiazole rings is 1. The standard InChI is InChI=1S/C18H22F4N4S.HI/c1-17(2,3)14-10-27-15(26-14)9-25-16(23-4)24-8-11-5-6-12(19)7-13(11)18(20,21)22;/h5-7,10H,8-9H2,1-4H3,(H2,23,24,25);1H. The van der Waals surface area contributed by atoms with Crippen LogP contribution in [0, 0.1) is 5.82 Å². The van der Waals surface area contributed by atoms with E-state index in [1.165, 1.54) is 18.4 Å². The third-order valence-corrected chi connectivity index (χ3v) is 4.62. The van der Waals surface area contributed by atoms with Gasteiger partial charge in [-0.15, -0.1) is 35.3 Å². The lowest BCUT2D eigenvalue weighted by Gasteiger charge is -2.16. The van der Waals surface area contributed by atoms with Crippen LogP contribution in [0.3, 0.4) is 0 Å². The average molecular weight is 530 g/mol. The maximum atomic E-state index is 13.2. The molecule has 1 aromatic heterocycles. The van der Waals surface area contributed by atoms with Crippen molar-refractivity contribution in [1.82, 2.24) is 15.6 Å². The van der Waals surface area contributed by atoms with Crippen molar-refractivity contribution < 1.29 is 17.6 Å². The fourth-order valence-electron chi connectivity index (χ4n) is 2.26. The van der Waals surface area contributed by atoms with Crippen LogP contribution in [0.5, 0.6) is 0 Å². The Labute approximate surface area is 182 Å². The van der Waals surface area contributed by atoms with Gasteiger partial charge in [0.1, 0.15) is 10.8 Å². The molecular weight excluding hydrogens is 507 g/mol. The van der Waals surface area contributed by atoms with E-state index in [2.05, 4.69) is 41.4 Å². The molecule has 0 aliphatic heterocycles. The monoisotopic (exact) mass is 530 g/mol. The first kappa shape index (κ1) is 24.6. The zero-order valence-electron chi connectivity index (χ0n) is 15.9. The third kappa shape index (κ3) is 6.87. The summed E-state index contributed by atoms with van der Waals surface area (Å²) in [5, 5.41) is 8.68. The summed E-state index contributed by atoms with van der Waals surface area (Å²) >= 11 is 1.50. The molecule has 1 aromatic carbocycles. The summed E-state index contributed by atoms with van der Waals surface area (Å²) in [5.74, 6) is -0.591. The van der Waals surface area contributed by atoms with Crippen LogP contribution in [0.4, 0.5) is 17.6 Å². The minimum Gasteiger partial charge on any atom is -0.352 e. The maximum absolute atomic E-state index is 13.2. The van der Waals surface area contributed by atoms with Gasteiger partial charge in [-0.25, -0.2) is 9.37 Å². The Kier molecular flexibility index (Phi) is 8.66. The second kappa shape index (κ2) is 9.86. The number of halogens is 5. The highest BCUT2D eigenvalue weighted by Gasteiger charge is 2.33. The second-order valence-corrected chi connectivity index (χ2v) is 7.90. The number of hydrogen-bond donors (Lipinski definition) is 2. The molecule has 0 fully saturated rings. The molecule has 0 radical (unpaired) electrons. The fraction of sp³-hybridized carbons (Fsp3) is 0.444. The van der Waals surface area contributed by atoms with E-state index in [9.17, 15) is 17.6 Å². The summed E-state index contributed by atoms with van der Waals surface area (Å²) in [7, 11) is 1.52. The van der Waals surface area contributed by atoms with Crippen LogP contribution in [-0.4, -0.2) is 18.0 Å². The van der Waals surface area contributed by atoms with Crippen LogP contribution in [0.1, 0.15) is 42.6 Å². The summed E-state index contributed by atoms with van der Waals surface area (Å²) < 4.78 is 52.3. The summed E-state index contributed by atoms with van der Waals surface area (Å²) in [6, 6.07) is 2.62. The van der Waals surface area contributed by atoms with E-state index in [0.717, 1.165) is 22.8 Å². The van der Waals surface area contributed by atoms with Gasteiger partial charge in [-0.2, -0.15) is 13.2 Å². The molecule has 0 atom stereocenters. The van der Waals surface area contributed by atoms with Gasteiger partial charge in [0.25, 0.3) is 0 Å². The predicted molar refractivity (Wildman–Crippen MR) is 115 cm³/mol. The van der Waals surface area contributed by atoms with Crippen molar-refractivity contribution in [2.75, 3.05) is 7.05 Å². The molecule has 28 heavy (non-hydrogen) atoms. The average Bonchev–Trinajstić information content (AvgIpc) is 3.04. The Morgan fingerprint density at radius 1 is 1.14 bits per heavy atom. The van der Waals surface area contributed by atoms with Crippen molar-refractivity contribution >= 4 is 41.3 Å². The first-order valence-electron chi connectivity index (χ1n) is 8.25. The highest BCUT2D eigenvalue weighted by atomic mass is 127. The molecule has 2 N–H and O–H groups in total. The molecule has 0 aliphatic rings. The normalized spacial score (nSPS) is 12.5. The molecule has 0 spiro atoms. The minimum atomic E-state index is -4.62. The molecule has 0 bridgehead atoms. The lowest BCUT2D eigenvalue weighted by Crippen LogP contribution is -2.36. The Bertz CT molecular complexity index is 813. The number of alkyl halides is 3. The molecule has 0 saturated heterocycles. The Morgan fingerprint density at radius 2 is 1.79 bits per heavy atom. The summed E-state index contributed by atoms with van der Waals surface area (Å²) in [5.41, 5.74) is -0.129. The number of benzene rings is 1. The molecule has 1 heterocycles. The Hall–Kier alpha value is -1.43. The van der Waals surface area contributed by atoms with Gasteiger partial charge in [0.2, 0.25) is 0 Å². The number of hydrogen-bond acceptors (Lipinski definition) is 3. The molecule has 156 valence electrons. The predicted octanol–water partition coefficient (Wildman–Crippen LogP) is 5.08. The number of nitrogens with zero attached hydrogens (tertiary/aromatic N) is 2. The Balaban J connectivity index is 0.00000392. The number of guanidine groups is 1. The summed E-state index contributed by atoms with van der Waals surface area (Å²) in [6.45, 7) is 6.47. The van der Waals surface area contributed by atoms with Crippen molar-refractivity contribution in [2.45, 2.75) is 45.5 Å². The summed E-state index contributed by atoms with van der Waals surface area (Å²) in [6.07, 6.45) is -4.62. The van der Waals surface area contributed by atoms with Crippen molar-refractivity contribution in [3.05, 3.63) is 51.2 Å². The molecule has 0 saturated carbocycles. The fourth-order valence-corrected chi connectivity index (χ4v) is 3.22. The topological polar surface area (TPSA) is 49.3 Å². The van der Waals surface area contributed by atoms with Gasteiger partial charge in [-0.3, -0.25) is 4.99 Å². The van der Waals surface area contributed by atoms with E-state index < -0.39 is 17.6 Å². The van der Waals surface area contributed by atoms with Crippen LogP contribution in [-0.2, 0) is 24.7 Å². The Morgan fingerprint density at radius 3 is 2.32 bits per heavy atom. The second-order valence-electron chi connectivity index (χ2n) is 6.96. The van der Waals surface area contributed by atoms with Crippen LogP contribution < -0.4 is 10.6 Å². The van der Waals surface area contributed by atoms with Crippen molar-refractivity contribution in [1.29, 1.82) is 0 Å². The highest BCUT2D eigenvalue weighted by Crippen LogP contribution is 2.32. The zero-order chi connectivity index (χ0) is 20.2. The van der Waals surface area contributed by atoms with Gasteiger partial charge in [0.05, 0.1) is 17.8 Å². The van der Waals surface area contributed by atoms with Gasteiger partial charge in [0, 0.05) is 24.4 Å². The first-order valence-corrected chi connectivity index (χ1v) is 9.13. The molecule has 0 unspecified atom stereocenters. The van der Waals surface area contributed by atoms with E-state index in [1.54, 1.807) is 0 Å². The van der Waals surface area contributed by atoms with Crippen LogP contribution >= 0.6 is 35.3 Å². The molecule has 10 heteroatoms. The third-order valence-electron chi connectivity index (χ3n) is 3.77. The van der Waals surface area contributed by atoms with Crippen LogP contribution in [0.25, 0.3) is 0 Å². The molecular formula is C18H23F4IN4S. The lowest BCUT2D eigenvalue weighted by atomic mass is 9.93. The van der Waals surface area contributed by atoms with E-state index in [1.807, 2.05) is 5.38 Å². The van der Waals surface area contributed by atoms with E-state index in [-0.39, 0.29) is 41.5 Å². The minimum absolute atomic E-state index is 0. The number of nitrogens with one attached hydrogen (secondary N) is 2.